The number of aryl methyl sites for hydroxylation is 1. The van der Waals surface area contributed by atoms with Gasteiger partial charge in [-0.25, -0.2) is 0 Å². The van der Waals surface area contributed by atoms with E-state index >= 15 is 0 Å². The molecule has 0 radical (unpaired) electrons. The Bertz CT molecular complexity index is 546. The molecule has 0 N–H and O–H groups in total. The number of carbonyl (C=O) groups is 1. The first-order valence-corrected chi connectivity index (χ1v) is 7.90. The summed E-state index contributed by atoms with van der Waals surface area (Å²) in [6.07, 6.45) is -0.577. The van der Waals surface area contributed by atoms with Crippen LogP contribution in [0.2, 0.25) is 0 Å². The van der Waals surface area contributed by atoms with Crippen LogP contribution >= 0.6 is 0 Å². The second kappa shape index (κ2) is 6.19. The van der Waals surface area contributed by atoms with Crippen molar-refractivity contribution in [3.05, 3.63) is 23.8 Å². The topological polar surface area (TPSA) is 38.8 Å². The third-order valence-corrected chi connectivity index (χ3v) is 3.66. The van der Waals surface area contributed by atoms with Gasteiger partial charge in [-0.15, -0.1) is 0 Å². The minimum absolute atomic E-state index is 0.00615. The Labute approximate surface area is 133 Å². The number of amides is 1. The van der Waals surface area contributed by atoms with Crippen molar-refractivity contribution < 1.29 is 14.3 Å². The number of benzene rings is 1. The highest BCUT2D eigenvalue weighted by Gasteiger charge is 2.36. The molecule has 1 unspecified atom stereocenters. The summed E-state index contributed by atoms with van der Waals surface area (Å²) in [6.45, 7) is 13.3. The molecule has 122 valence electrons. The van der Waals surface area contributed by atoms with Gasteiger partial charge in [0.15, 0.2) is 11.5 Å². The lowest BCUT2D eigenvalue weighted by Gasteiger charge is -2.39. The SMILES string of the molecule is Cc1ccc2c(c1)OC(C(=O)N(CC(C)C)C(C)(C)C)CO2. The molecule has 0 saturated heterocycles. The molecule has 1 heterocycles. The van der Waals surface area contributed by atoms with E-state index in [1.165, 1.54) is 0 Å². The number of hydrogen-bond donors (Lipinski definition) is 0. The average Bonchev–Trinajstić information content (AvgIpc) is 2.41. The molecular formula is C18H27NO3. The van der Waals surface area contributed by atoms with Crippen LogP contribution in [0.5, 0.6) is 11.5 Å². The Hall–Kier alpha value is -1.71. The number of ether oxygens (including phenoxy) is 2. The molecule has 0 saturated carbocycles. The van der Waals surface area contributed by atoms with Crippen LogP contribution in [0.3, 0.4) is 0 Å². The van der Waals surface area contributed by atoms with Crippen molar-refractivity contribution in [1.82, 2.24) is 4.90 Å². The normalized spacial score (nSPS) is 17.5. The second-order valence-corrected chi connectivity index (χ2v) is 7.38. The van der Waals surface area contributed by atoms with Crippen LogP contribution in [-0.4, -0.2) is 35.6 Å². The summed E-state index contributed by atoms with van der Waals surface area (Å²) in [6, 6.07) is 5.78. The van der Waals surface area contributed by atoms with Crippen LogP contribution in [0.4, 0.5) is 0 Å². The van der Waals surface area contributed by atoms with E-state index in [1.807, 2.05) is 30.0 Å². The monoisotopic (exact) mass is 305 g/mol. The molecule has 0 fully saturated rings. The molecule has 0 bridgehead atoms. The van der Waals surface area contributed by atoms with E-state index in [0.29, 0.717) is 24.0 Å². The number of hydrogen-bond acceptors (Lipinski definition) is 3. The van der Waals surface area contributed by atoms with Gasteiger partial charge in [-0.2, -0.15) is 0 Å². The molecule has 0 spiro atoms. The Balaban J connectivity index is 2.18. The fraction of sp³-hybridized carbons (Fsp3) is 0.611. The molecule has 1 atom stereocenters. The van der Waals surface area contributed by atoms with Gasteiger partial charge in [0, 0.05) is 12.1 Å². The van der Waals surface area contributed by atoms with Gasteiger partial charge in [-0.3, -0.25) is 4.79 Å². The number of nitrogens with zero attached hydrogens (tertiary/aromatic N) is 1. The summed E-state index contributed by atoms with van der Waals surface area (Å²) in [5, 5.41) is 0. The minimum atomic E-state index is -0.577. The fourth-order valence-electron chi connectivity index (χ4n) is 2.53. The standard InChI is InChI=1S/C18H27NO3/c1-12(2)10-19(18(4,5)6)17(20)16-11-21-14-8-7-13(3)9-15(14)22-16/h7-9,12,16H,10-11H2,1-6H3. The number of fused-ring (bicyclic) bond motifs is 1. The molecule has 2 rings (SSSR count). The largest absolute Gasteiger partial charge is 0.485 e. The van der Waals surface area contributed by atoms with Crippen LogP contribution in [0.1, 0.15) is 40.2 Å². The molecule has 22 heavy (non-hydrogen) atoms. The summed E-state index contributed by atoms with van der Waals surface area (Å²) >= 11 is 0. The zero-order valence-corrected chi connectivity index (χ0v) is 14.5. The third-order valence-electron chi connectivity index (χ3n) is 3.66. The van der Waals surface area contributed by atoms with Crippen molar-refractivity contribution >= 4 is 5.91 Å². The Morgan fingerprint density at radius 2 is 2.00 bits per heavy atom. The first-order valence-electron chi connectivity index (χ1n) is 7.90. The average molecular weight is 305 g/mol. The summed E-state index contributed by atoms with van der Waals surface area (Å²) in [5.74, 6) is 1.76. The van der Waals surface area contributed by atoms with Crippen molar-refractivity contribution in [2.24, 2.45) is 5.92 Å². The first kappa shape index (κ1) is 16.7. The van der Waals surface area contributed by atoms with Crippen molar-refractivity contribution in [2.45, 2.75) is 53.2 Å². The maximum absolute atomic E-state index is 12.9. The van der Waals surface area contributed by atoms with E-state index < -0.39 is 6.10 Å². The van der Waals surface area contributed by atoms with E-state index in [4.69, 9.17) is 9.47 Å². The van der Waals surface area contributed by atoms with Gasteiger partial charge >= 0.3 is 0 Å². The number of carbonyl (C=O) groups excluding carboxylic acids is 1. The van der Waals surface area contributed by atoms with Crippen LogP contribution in [-0.2, 0) is 4.79 Å². The van der Waals surface area contributed by atoms with Crippen LogP contribution < -0.4 is 9.47 Å². The highest BCUT2D eigenvalue weighted by Crippen LogP contribution is 2.33. The van der Waals surface area contributed by atoms with Crippen LogP contribution in [0, 0.1) is 12.8 Å². The maximum Gasteiger partial charge on any atom is 0.267 e. The molecule has 1 aliphatic heterocycles. The van der Waals surface area contributed by atoms with Crippen molar-refractivity contribution in [2.75, 3.05) is 13.2 Å². The lowest BCUT2D eigenvalue weighted by atomic mass is 10.0. The zero-order chi connectivity index (χ0) is 16.5. The van der Waals surface area contributed by atoms with E-state index in [1.54, 1.807) is 0 Å². The summed E-state index contributed by atoms with van der Waals surface area (Å²) in [5.41, 5.74) is 0.850. The predicted octanol–water partition coefficient (Wildman–Crippen LogP) is 3.42. The lowest BCUT2D eigenvalue weighted by Crippen LogP contribution is -2.54. The fourth-order valence-corrected chi connectivity index (χ4v) is 2.53. The second-order valence-electron chi connectivity index (χ2n) is 7.38. The smallest absolute Gasteiger partial charge is 0.267 e. The Kier molecular flexibility index (Phi) is 4.69. The first-order chi connectivity index (χ1) is 10.2. The van der Waals surface area contributed by atoms with Gasteiger partial charge in [0.1, 0.15) is 6.61 Å². The minimum Gasteiger partial charge on any atom is -0.485 e. The van der Waals surface area contributed by atoms with Gasteiger partial charge < -0.3 is 14.4 Å². The Morgan fingerprint density at radius 3 is 2.59 bits per heavy atom. The molecule has 1 aromatic carbocycles. The molecule has 1 amide bonds. The lowest BCUT2D eigenvalue weighted by molar-refractivity contribution is -0.146. The van der Waals surface area contributed by atoms with Gasteiger partial charge in [0.25, 0.3) is 5.91 Å². The van der Waals surface area contributed by atoms with Crippen LogP contribution in [0.15, 0.2) is 18.2 Å². The summed E-state index contributed by atoms with van der Waals surface area (Å²) in [7, 11) is 0. The number of rotatable bonds is 3. The van der Waals surface area contributed by atoms with Crippen LogP contribution in [0.25, 0.3) is 0 Å². The van der Waals surface area contributed by atoms with Gasteiger partial charge in [-0.05, 0) is 51.3 Å². The molecular weight excluding hydrogens is 278 g/mol. The quantitative estimate of drug-likeness (QED) is 0.859. The Morgan fingerprint density at radius 1 is 1.32 bits per heavy atom. The van der Waals surface area contributed by atoms with E-state index in [0.717, 1.165) is 5.56 Å². The van der Waals surface area contributed by atoms with Gasteiger partial charge in [-0.1, -0.05) is 19.9 Å². The molecule has 0 aliphatic carbocycles. The summed E-state index contributed by atoms with van der Waals surface area (Å²) < 4.78 is 11.6. The van der Waals surface area contributed by atoms with Crippen molar-refractivity contribution in [3.8, 4) is 11.5 Å². The third kappa shape index (κ3) is 3.73. The highest BCUT2D eigenvalue weighted by atomic mass is 16.6. The summed E-state index contributed by atoms with van der Waals surface area (Å²) in [4.78, 5) is 14.8. The molecule has 1 aliphatic rings. The predicted molar refractivity (Wildman–Crippen MR) is 87.4 cm³/mol. The van der Waals surface area contributed by atoms with Crippen molar-refractivity contribution in [1.29, 1.82) is 0 Å². The van der Waals surface area contributed by atoms with Gasteiger partial charge in [0.05, 0.1) is 0 Å². The van der Waals surface area contributed by atoms with E-state index in [9.17, 15) is 4.79 Å². The van der Waals surface area contributed by atoms with E-state index in [2.05, 4.69) is 34.6 Å². The molecule has 4 nitrogen and oxygen atoms in total. The zero-order valence-electron chi connectivity index (χ0n) is 14.5. The van der Waals surface area contributed by atoms with Crippen molar-refractivity contribution in [3.63, 3.8) is 0 Å². The molecule has 1 aromatic rings. The molecule has 0 aromatic heterocycles. The molecule has 4 heteroatoms. The maximum atomic E-state index is 12.9. The highest BCUT2D eigenvalue weighted by molar-refractivity contribution is 5.82. The van der Waals surface area contributed by atoms with Gasteiger partial charge in [0.2, 0.25) is 6.10 Å². The van der Waals surface area contributed by atoms with E-state index in [-0.39, 0.29) is 18.1 Å².